The molecule has 6 nitrogen and oxygen atoms in total. The Kier molecular flexibility index (Phi) is 10.5. The van der Waals surface area contributed by atoms with Crippen molar-refractivity contribution < 1.29 is 19.9 Å². The molecule has 100 valence electrons. The van der Waals surface area contributed by atoms with Crippen molar-refractivity contribution >= 4 is 34.4 Å². The van der Waals surface area contributed by atoms with Crippen LogP contribution >= 0.6 is 24.4 Å². The second-order valence-corrected chi connectivity index (χ2v) is 4.14. The molecule has 0 heterocycles. The number of hydrogen-bond donors (Lipinski definition) is 3. The zero-order chi connectivity index (χ0) is 13.1. The van der Waals surface area contributed by atoms with E-state index in [9.17, 15) is 0 Å². The molecular formula is C9H18N2O4S2. The second kappa shape index (κ2) is 10.8. The molecule has 17 heavy (non-hydrogen) atoms. The van der Waals surface area contributed by atoms with Crippen LogP contribution in [0.1, 0.15) is 12.8 Å². The first-order chi connectivity index (χ1) is 8.07. The van der Waals surface area contributed by atoms with E-state index in [0.29, 0.717) is 49.2 Å². The topological polar surface area (TPSA) is 74.2 Å². The zero-order valence-electron chi connectivity index (χ0n) is 9.72. The Morgan fingerprint density at radius 1 is 1.12 bits per heavy atom. The molecule has 0 aromatic carbocycles. The van der Waals surface area contributed by atoms with Crippen molar-refractivity contribution in [1.29, 1.82) is 0 Å². The third-order valence-electron chi connectivity index (χ3n) is 1.79. The van der Waals surface area contributed by atoms with Crippen molar-refractivity contribution in [2.75, 3.05) is 33.5 Å². The fourth-order valence-electron chi connectivity index (χ4n) is 0.864. The second-order valence-electron chi connectivity index (χ2n) is 3.18. The largest absolute Gasteiger partial charge is 0.379 e. The molecule has 3 N–H and O–H groups in total. The summed E-state index contributed by atoms with van der Waals surface area (Å²) in [5.41, 5.74) is 1.88. The molecule has 0 bridgehead atoms. The molecule has 0 spiro atoms. The number of nitrogens with one attached hydrogen (secondary N) is 1. The Morgan fingerprint density at radius 3 is 2.12 bits per heavy atom. The van der Waals surface area contributed by atoms with E-state index < -0.39 is 0 Å². The maximum atomic E-state index is 8.94. The van der Waals surface area contributed by atoms with Crippen LogP contribution in [0.2, 0.25) is 0 Å². The first-order valence-electron chi connectivity index (χ1n) is 5.11. The molecule has 0 aliphatic rings. The fourth-order valence-corrected chi connectivity index (χ4v) is 1.03. The van der Waals surface area contributed by atoms with Crippen LogP contribution < -0.4 is 5.48 Å². The van der Waals surface area contributed by atoms with Crippen molar-refractivity contribution in [3.63, 3.8) is 0 Å². The van der Waals surface area contributed by atoms with Gasteiger partial charge in [0.25, 0.3) is 0 Å². The fraction of sp³-hybridized carbons (Fsp3) is 0.778. The van der Waals surface area contributed by atoms with Gasteiger partial charge in [0.05, 0.1) is 26.4 Å². The van der Waals surface area contributed by atoms with Crippen LogP contribution in [-0.2, 0) is 9.47 Å². The van der Waals surface area contributed by atoms with Gasteiger partial charge in [0, 0.05) is 19.9 Å². The first kappa shape index (κ1) is 16.6. The summed E-state index contributed by atoms with van der Waals surface area (Å²) < 4.78 is 10.4. The summed E-state index contributed by atoms with van der Waals surface area (Å²) in [4.78, 5) is 0.785. The highest BCUT2D eigenvalue weighted by molar-refractivity contribution is 7.80. The van der Waals surface area contributed by atoms with E-state index in [1.807, 2.05) is 5.48 Å². The summed E-state index contributed by atoms with van der Waals surface area (Å²) in [5, 5.41) is 18.2. The van der Waals surface area contributed by atoms with E-state index >= 15 is 0 Å². The van der Waals surface area contributed by atoms with Crippen molar-refractivity contribution in [3.8, 4) is 0 Å². The normalized spacial score (nSPS) is 10.1. The minimum atomic E-state index is 0.349. The van der Waals surface area contributed by atoms with Crippen LogP contribution in [0.25, 0.3) is 0 Å². The lowest BCUT2D eigenvalue weighted by Gasteiger charge is -2.11. The van der Waals surface area contributed by atoms with Crippen molar-refractivity contribution in [2.45, 2.75) is 12.8 Å². The average molecular weight is 282 g/mol. The van der Waals surface area contributed by atoms with Crippen LogP contribution in [0.3, 0.4) is 0 Å². The number of rotatable bonds is 9. The molecule has 0 aliphatic carbocycles. The van der Waals surface area contributed by atoms with Crippen LogP contribution in [-0.4, -0.2) is 58.9 Å². The quantitative estimate of drug-likeness (QED) is 0.325. The molecule has 0 atom stereocenters. The minimum absolute atomic E-state index is 0.349. The highest BCUT2D eigenvalue weighted by Crippen LogP contribution is 1.92. The van der Waals surface area contributed by atoms with Gasteiger partial charge in [-0.2, -0.15) is 0 Å². The minimum Gasteiger partial charge on any atom is -0.379 e. The molecule has 0 saturated heterocycles. The van der Waals surface area contributed by atoms with Gasteiger partial charge in [-0.1, -0.05) is 24.4 Å². The summed E-state index contributed by atoms with van der Waals surface area (Å²) in [6.07, 6.45) is 0.978. The Labute approximate surface area is 111 Å². The molecule has 0 aliphatic heterocycles. The Morgan fingerprint density at radius 2 is 1.65 bits per heavy atom. The summed E-state index contributed by atoms with van der Waals surface area (Å²) in [7, 11) is 1.48. The van der Waals surface area contributed by atoms with Crippen LogP contribution in [0.5, 0.6) is 0 Å². The molecule has 0 rings (SSSR count). The van der Waals surface area contributed by atoms with Crippen LogP contribution in [0.4, 0.5) is 0 Å². The van der Waals surface area contributed by atoms with E-state index in [4.69, 9.17) is 44.3 Å². The molecule has 0 fully saturated rings. The number of hydroxylamine groups is 3. The van der Waals surface area contributed by atoms with E-state index in [1.165, 1.54) is 7.05 Å². The average Bonchev–Trinajstić information content (AvgIpc) is 2.31. The standard InChI is InChI=1S/C9H18N2O4S2/c1-11(13)9(17)3-5-15-7-6-14-4-2-8(16)10-12/h12-13H,2-7H2,1H3,(H,10,16). The van der Waals surface area contributed by atoms with Crippen LogP contribution in [0, 0.1) is 0 Å². The molecule has 0 saturated carbocycles. The summed E-state index contributed by atoms with van der Waals surface area (Å²) in [6.45, 7) is 1.80. The van der Waals surface area contributed by atoms with E-state index in [2.05, 4.69) is 0 Å². The molecule has 0 amide bonds. The lowest BCUT2D eigenvalue weighted by molar-refractivity contribution is 0.0101. The number of hydrogen-bond acceptors (Lipinski definition) is 6. The highest BCUT2D eigenvalue weighted by Gasteiger charge is 2.00. The van der Waals surface area contributed by atoms with Gasteiger partial charge in [-0.05, 0) is 0 Å². The number of ether oxygens (including phenoxy) is 2. The van der Waals surface area contributed by atoms with E-state index in [0.717, 1.165) is 5.06 Å². The molecule has 8 heteroatoms. The van der Waals surface area contributed by atoms with Gasteiger partial charge in [-0.3, -0.25) is 21.0 Å². The van der Waals surface area contributed by atoms with Crippen molar-refractivity contribution in [1.82, 2.24) is 10.5 Å². The van der Waals surface area contributed by atoms with E-state index in [1.54, 1.807) is 0 Å². The first-order valence-corrected chi connectivity index (χ1v) is 5.93. The summed E-state index contributed by atoms with van der Waals surface area (Å²) in [5.74, 6) is 0. The lowest BCUT2D eigenvalue weighted by Crippen LogP contribution is -2.22. The number of thiocarbonyl (C=S) groups is 2. The predicted molar refractivity (Wildman–Crippen MR) is 70.5 cm³/mol. The molecule has 0 unspecified atom stereocenters. The Bertz CT molecular complexity index is 239. The molecule has 0 radical (unpaired) electrons. The van der Waals surface area contributed by atoms with Gasteiger partial charge < -0.3 is 9.47 Å². The lowest BCUT2D eigenvalue weighted by atomic mass is 10.4. The predicted octanol–water partition coefficient (Wildman–Crippen LogP) is 0.754. The van der Waals surface area contributed by atoms with E-state index in [-0.39, 0.29) is 0 Å². The maximum Gasteiger partial charge on any atom is 0.105 e. The summed E-state index contributed by atoms with van der Waals surface area (Å²) in [6, 6.07) is 0. The van der Waals surface area contributed by atoms with Gasteiger partial charge in [0.1, 0.15) is 9.98 Å². The van der Waals surface area contributed by atoms with Gasteiger partial charge in [-0.15, -0.1) is 0 Å². The van der Waals surface area contributed by atoms with Crippen molar-refractivity contribution in [3.05, 3.63) is 0 Å². The molecule has 0 aromatic rings. The van der Waals surface area contributed by atoms with Gasteiger partial charge >= 0.3 is 0 Å². The smallest absolute Gasteiger partial charge is 0.105 e. The highest BCUT2D eigenvalue weighted by atomic mass is 32.1. The maximum absolute atomic E-state index is 8.94. The SMILES string of the molecule is CN(O)C(=S)CCOCCOCCC(=S)NO. The monoisotopic (exact) mass is 282 g/mol. The zero-order valence-corrected chi connectivity index (χ0v) is 11.4. The Balaban J connectivity index is 3.19. The third kappa shape index (κ3) is 10.5. The number of nitrogens with zero attached hydrogens (tertiary/aromatic N) is 1. The van der Waals surface area contributed by atoms with Gasteiger partial charge in [-0.25, -0.2) is 0 Å². The molecule has 0 aromatic heterocycles. The van der Waals surface area contributed by atoms with Gasteiger partial charge in [0.15, 0.2) is 0 Å². The van der Waals surface area contributed by atoms with Gasteiger partial charge in [0.2, 0.25) is 0 Å². The van der Waals surface area contributed by atoms with Crippen molar-refractivity contribution in [2.24, 2.45) is 0 Å². The summed E-state index contributed by atoms with van der Waals surface area (Å²) >= 11 is 9.57. The molecular weight excluding hydrogens is 264 g/mol. The third-order valence-corrected chi connectivity index (χ3v) is 2.56. The Hall–Kier alpha value is -0.380. The van der Waals surface area contributed by atoms with Crippen LogP contribution in [0.15, 0.2) is 0 Å².